The number of methoxy groups -OCH3 is 2. The van der Waals surface area contributed by atoms with E-state index in [4.69, 9.17) is 14.2 Å². The van der Waals surface area contributed by atoms with Crippen LogP contribution in [0, 0.1) is 6.92 Å². The minimum atomic E-state index is -0.272. The van der Waals surface area contributed by atoms with Crippen molar-refractivity contribution >= 4 is 17.5 Å². The molecule has 7 nitrogen and oxygen atoms in total. The molecule has 4 rings (SSSR count). The van der Waals surface area contributed by atoms with Gasteiger partial charge < -0.3 is 19.5 Å². The standard InChI is InChI=1S/C25H27N3O4/c1-17-6-5-15-26-24(17)28(19-10-13-20(30-2)14-11-19)25(29)27-16-21-12-9-18-7-4-8-22(31-3)23(18)32-21/h4-8,10-11,13-15,21H,9,12,16H2,1-3H3,(H,27,29). The Bertz CT molecular complexity index is 1070. The second-order valence-electron chi connectivity index (χ2n) is 7.59. The van der Waals surface area contributed by atoms with Crippen LogP contribution in [-0.2, 0) is 6.42 Å². The molecule has 1 unspecified atom stereocenters. The molecule has 1 aromatic heterocycles. The number of para-hydroxylation sites is 1. The number of rotatable bonds is 6. The molecule has 0 saturated heterocycles. The summed E-state index contributed by atoms with van der Waals surface area (Å²) in [6.45, 7) is 2.30. The maximum absolute atomic E-state index is 13.3. The minimum absolute atomic E-state index is 0.148. The lowest BCUT2D eigenvalue weighted by Gasteiger charge is -2.29. The Balaban J connectivity index is 1.52. The first kappa shape index (κ1) is 21.5. The van der Waals surface area contributed by atoms with Crippen molar-refractivity contribution in [1.82, 2.24) is 10.3 Å². The number of benzene rings is 2. The Morgan fingerprint density at radius 1 is 1.12 bits per heavy atom. The smallest absolute Gasteiger partial charge is 0.327 e. The van der Waals surface area contributed by atoms with Gasteiger partial charge in [-0.1, -0.05) is 18.2 Å². The highest BCUT2D eigenvalue weighted by molar-refractivity contribution is 5.99. The number of carbonyl (C=O) groups excluding carboxylic acids is 1. The van der Waals surface area contributed by atoms with Gasteiger partial charge in [0.15, 0.2) is 11.5 Å². The number of nitrogens with zero attached hydrogens (tertiary/aromatic N) is 2. The molecular weight excluding hydrogens is 406 g/mol. The molecule has 0 bridgehead atoms. The third kappa shape index (κ3) is 4.46. The number of amides is 2. The van der Waals surface area contributed by atoms with Crippen LogP contribution in [0.4, 0.5) is 16.3 Å². The first-order chi connectivity index (χ1) is 15.6. The molecule has 0 aliphatic carbocycles. The third-order valence-corrected chi connectivity index (χ3v) is 5.51. The van der Waals surface area contributed by atoms with Crippen LogP contribution in [0.3, 0.4) is 0 Å². The molecule has 1 N–H and O–H groups in total. The van der Waals surface area contributed by atoms with Crippen molar-refractivity contribution in [2.45, 2.75) is 25.9 Å². The normalized spacial score (nSPS) is 14.7. The summed E-state index contributed by atoms with van der Waals surface area (Å²) in [6.07, 6.45) is 3.21. The van der Waals surface area contributed by atoms with E-state index in [0.29, 0.717) is 23.8 Å². The summed E-state index contributed by atoms with van der Waals surface area (Å²) < 4.78 is 16.8. The van der Waals surface area contributed by atoms with Crippen LogP contribution in [0.1, 0.15) is 17.5 Å². The predicted octanol–water partition coefficient (Wildman–Crippen LogP) is 4.65. The summed E-state index contributed by atoms with van der Waals surface area (Å²) in [5, 5.41) is 3.02. The summed E-state index contributed by atoms with van der Waals surface area (Å²) in [5.74, 6) is 2.76. The summed E-state index contributed by atoms with van der Waals surface area (Å²) in [6, 6.07) is 16.7. The molecule has 0 fully saturated rings. The van der Waals surface area contributed by atoms with Gasteiger partial charge in [-0.3, -0.25) is 0 Å². The lowest BCUT2D eigenvalue weighted by Crippen LogP contribution is -2.43. The number of urea groups is 1. The first-order valence-electron chi connectivity index (χ1n) is 10.6. The number of carbonyl (C=O) groups is 1. The van der Waals surface area contributed by atoms with Crippen LogP contribution in [0.15, 0.2) is 60.8 Å². The number of aryl methyl sites for hydroxylation is 2. The van der Waals surface area contributed by atoms with Crippen molar-refractivity contribution in [2.24, 2.45) is 0 Å². The van der Waals surface area contributed by atoms with Gasteiger partial charge in [0.2, 0.25) is 0 Å². The fourth-order valence-electron chi connectivity index (χ4n) is 3.80. The van der Waals surface area contributed by atoms with Crippen molar-refractivity contribution in [1.29, 1.82) is 0 Å². The van der Waals surface area contributed by atoms with Crippen LogP contribution in [0.2, 0.25) is 0 Å². The largest absolute Gasteiger partial charge is 0.497 e. The molecule has 0 radical (unpaired) electrons. The fraction of sp³-hybridized carbons (Fsp3) is 0.280. The Morgan fingerprint density at radius 3 is 2.66 bits per heavy atom. The molecule has 166 valence electrons. The fourth-order valence-corrected chi connectivity index (χ4v) is 3.80. The molecular formula is C25H27N3O4. The van der Waals surface area contributed by atoms with E-state index < -0.39 is 0 Å². The maximum atomic E-state index is 13.3. The van der Waals surface area contributed by atoms with Gasteiger partial charge in [0.1, 0.15) is 17.7 Å². The van der Waals surface area contributed by atoms with E-state index in [-0.39, 0.29) is 12.1 Å². The van der Waals surface area contributed by atoms with Gasteiger partial charge in [-0.2, -0.15) is 0 Å². The summed E-state index contributed by atoms with van der Waals surface area (Å²) >= 11 is 0. The van der Waals surface area contributed by atoms with Crippen molar-refractivity contribution in [3.63, 3.8) is 0 Å². The average molecular weight is 434 g/mol. The second-order valence-corrected chi connectivity index (χ2v) is 7.59. The zero-order valence-electron chi connectivity index (χ0n) is 18.5. The number of ether oxygens (including phenoxy) is 3. The monoisotopic (exact) mass is 433 g/mol. The number of fused-ring (bicyclic) bond motifs is 1. The molecule has 1 atom stereocenters. The second kappa shape index (κ2) is 9.60. The van der Waals surface area contributed by atoms with Gasteiger partial charge >= 0.3 is 6.03 Å². The topological polar surface area (TPSA) is 72.9 Å². The minimum Gasteiger partial charge on any atom is -0.497 e. The van der Waals surface area contributed by atoms with Crippen LogP contribution >= 0.6 is 0 Å². The average Bonchev–Trinajstić information content (AvgIpc) is 2.84. The first-order valence-corrected chi connectivity index (χ1v) is 10.6. The van der Waals surface area contributed by atoms with Crippen molar-refractivity contribution in [2.75, 3.05) is 25.7 Å². The van der Waals surface area contributed by atoms with Gasteiger partial charge in [-0.25, -0.2) is 14.7 Å². The quantitative estimate of drug-likeness (QED) is 0.613. The Hall–Kier alpha value is -3.74. The Kier molecular flexibility index (Phi) is 6.44. The van der Waals surface area contributed by atoms with Gasteiger partial charge in [0.05, 0.1) is 26.5 Å². The number of anilines is 2. The lowest BCUT2D eigenvalue weighted by molar-refractivity contribution is 0.164. The number of aromatic nitrogens is 1. The number of hydrogen-bond acceptors (Lipinski definition) is 5. The number of pyridine rings is 1. The molecule has 7 heteroatoms. The summed E-state index contributed by atoms with van der Waals surface area (Å²) in [7, 11) is 3.24. The van der Waals surface area contributed by atoms with E-state index in [0.717, 1.165) is 35.5 Å². The molecule has 2 amide bonds. The lowest BCUT2D eigenvalue weighted by atomic mass is 10.0. The molecule has 0 spiro atoms. The SMILES string of the molecule is COc1ccc(N(C(=O)NCC2CCc3cccc(OC)c3O2)c2ncccc2C)cc1. The predicted molar refractivity (Wildman–Crippen MR) is 123 cm³/mol. The van der Waals surface area contributed by atoms with Crippen molar-refractivity contribution in [3.05, 3.63) is 71.9 Å². The highest BCUT2D eigenvalue weighted by atomic mass is 16.5. The molecule has 1 aliphatic rings. The highest BCUT2D eigenvalue weighted by Crippen LogP contribution is 2.36. The molecule has 0 saturated carbocycles. The van der Waals surface area contributed by atoms with Gasteiger partial charge in [0, 0.05) is 6.20 Å². The highest BCUT2D eigenvalue weighted by Gasteiger charge is 2.26. The van der Waals surface area contributed by atoms with Crippen LogP contribution < -0.4 is 24.4 Å². The molecule has 2 heterocycles. The Morgan fingerprint density at radius 2 is 1.94 bits per heavy atom. The zero-order chi connectivity index (χ0) is 22.5. The van der Waals surface area contributed by atoms with Crippen molar-refractivity contribution < 1.29 is 19.0 Å². The van der Waals surface area contributed by atoms with Crippen LogP contribution in [-0.4, -0.2) is 37.9 Å². The van der Waals surface area contributed by atoms with Gasteiger partial charge in [0.25, 0.3) is 0 Å². The molecule has 1 aliphatic heterocycles. The van der Waals surface area contributed by atoms with E-state index in [1.54, 1.807) is 25.3 Å². The maximum Gasteiger partial charge on any atom is 0.327 e. The van der Waals surface area contributed by atoms with Crippen LogP contribution in [0.25, 0.3) is 0 Å². The van der Waals surface area contributed by atoms with Gasteiger partial charge in [-0.15, -0.1) is 0 Å². The van der Waals surface area contributed by atoms with E-state index >= 15 is 0 Å². The molecule has 32 heavy (non-hydrogen) atoms. The van der Waals surface area contributed by atoms with Crippen molar-refractivity contribution in [3.8, 4) is 17.2 Å². The molecule has 2 aromatic carbocycles. The molecule has 3 aromatic rings. The van der Waals surface area contributed by atoms with E-state index in [1.165, 1.54) is 0 Å². The van der Waals surface area contributed by atoms with E-state index in [9.17, 15) is 4.79 Å². The van der Waals surface area contributed by atoms with E-state index in [1.807, 2.05) is 61.5 Å². The number of nitrogens with one attached hydrogen (secondary N) is 1. The Labute approximate surface area is 187 Å². The third-order valence-electron chi connectivity index (χ3n) is 5.51. The van der Waals surface area contributed by atoms with Crippen LogP contribution in [0.5, 0.6) is 17.2 Å². The zero-order valence-corrected chi connectivity index (χ0v) is 18.5. The summed E-state index contributed by atoms with van der Waals surface area (Å²) in [5.41, 5.74) is 2.71. The van der Waals surface area contributed by atoms with Gasteiger partial charge in [-0.05, 0) is 67.3 Å². The number of hydrogen-bond donors (Lipinski definition) is 1. The van der Waals surface area contributed by atoms with E-state index in [2.05, 4.69) is 10.3 Å². The summed E-state index contributed by atoms with van der Waals surface area (Å²) in [4.78, 5) is 19.4.